The predicted molar refractivity (Wildman–Crippen MR) is 122 cm³/mol. The first kappa shape index (κ1) is 20.4. The fourth-order valence-corrected chi connectivity index (χ4v) is 5.61. The van der Waals surface area contributed by atoms with Crippen LogP contribution in [0.25, 0.3) is 10.9 Å². The van der Waals surface area contributed by atoms with E-state index in [2.05, 4.69) is 27.8 Å². The third kappa shape index (κ3) is 4.43. The molecule has 3 N–H and O–H groups in total. The zero-order valence-corrected chi connectivity index (χ0v) is 18.3. The van der Waals surface area contributed by atoms with Gasteiger partial charge >= 0.3 is 6.03 Å². The summed E-state index contributed by atoms with van der Waals surface area (Å²) in [5.41, 5.74) is 4.68. The van der Waals surface area contributed by atoms with Gasteiger partial charge in [0.1, 0.15) is 0 Å². The summed E-state index contributed by atoms with van der Waals surface area (Å²) in [6.45, 7) is 1.38. The number of benzene rings is 1. The lowest BCUT2D eigenvalue weighted by Gasteiger charge is -2.33. The quantitative estimate of drug-likeness (QED) is 0.690. The van der Waals surface area contributed by atoms with Crippen molar-refractivity contribution in [3.05, 3.63) is 35.0 Å². The highest BCUT2D eigenvalue weighted by Crippen LogP contribution is 2.30. The van der Waals surface area contributed by atoms with Crippen molar-refractivity contribution < 1.29 is 9.59 Å². The van der Waals surface area contributed by atoms with Gasteiger partial charge in [0.2, 0.25) is 0 Å². The molecule has 3 aliphatic rings. The van der Waals surface area contributed by atoms with Gasteiger partial charge in [0.15, 0.2) is 0 Å². The second-order valence-electron chi connectivity index (χ2n) is 9.57. The molecule has 1 aliphatic heterocycles. The molecule has 31 heavy (non-hydrogen) atoms. The van der Waals surface area contributed by atoms with Crippen molar-refractivity contribution in [3.8, 4) is 0 Å². The molecule has 1 saturated carbocycles. The van der Waals surface area contributed by atoms with Gasteiger partial charge in [-0.1, -0.05) is 19.3 Å². The summed E-state index contributed by atoms with van der Waals surface area (Å²) in [6, 6.07) is 6.52. The second kappa shape index (κ2) is 8.93. The molecule has 0 bridgehead atoms. The zero-order chi connectivity index (χ0) is 21.2. The minimum atomic E-state index is -0.0423. The zero-order valence-electron chi connectivity index (χ0n) is 18.3. The van der Waals surface area contributed by atoms with E-state index in [0.717, 1.165) is 49.6 Å². The Morgan fingerprint density at radius 1 is 0.871 bits per heavy atom. The van der Waals surface area contributed by atoms with Crippen LogP contribution in [0.1, 0.15) is 79.4 Å². The van der Waals surface area contributed by atoms with Crippen LogP contribution >= 0.6 is 0 Å². The highest BCUT2D eigenvalue weighted by Gasteiger charge is 2.26. The Kier molecular flexibility index (Phi) is 5.88. The Hall–Kier alpha value is -2.50. The molecule has 6 heteroatoms. The van der Waals surface area contributed by atoms with Crippen molar-refractivity contribution in [1.29, 1.82) is 0 Å². The van der Waals surface area contributed by atoms with Gasteiger partial charge < -0.3 is 20.5 Å². The maximum Gasteiger partial charge on any atom is 0.315 e. The predicted octanol–water partition coefficient (Wildman–Crippen LogP) is 4.28. The van der Waals surface area contributed by atoms with Crippen molar-refractivity contribution in [2.75, 3.05) is 13.1 Å². The molecular weight excluding hydrogens is 388 g/mol. The number of fused-ring (bicyclic) bond motifs is 3. The van der Waals surface area contributed by atoms with Crippen molar-refractivity contribution in [2.45, 2.75) is 82.7 Å². The first-order valence-corrected chi connectivity index (χ1v) is 12.2. The summed E-state index contributed by atoms with van der Waals surface area (Å²) in [5.74, 6) is 0.109. The number of likely N-dealkylation sites (tertiary alicyclic amines) is 1. The van der Waals surface area contributed by atoms with Crippen LogP contribution in [0.5, 0.6) is 0 Å². The summed E-state index contributed by atoms with van der Waals surface area (Å²) in [4.78, 5) is 31.0. The first-order chi connectivity index (χ1) is 15.2. The van der Waals surface area contributed by atoms with Crippen molar-refractivity contribution >= 4 is 22.8 Å². The molecule has 6 nitrogen and oxygen atoms in total. The fraction of sp³-hybridized carbons (Fsp3) is 0.600. The van der Waals surface area contributed by atoms with Crippen LogP contribution in [0.15, 0.2) is 18.2 Å². The summed E-state index contributed by atoms with van der Waals surface area (Å²) in [5, 5.41) is 7.48. The molecular formula is C25H34N4O2. The minimum Gasteiger partial charge on any atom is -0.358 e. The van der Waals surface area contributed by atoms with Gasteiger partial charge in [-0.25, -0.2) is 4.79 Å². The van der Waals surface area contributed by atoms with E-state index in [1.807, 2.05) is 11.0 Å². The van der Waals surface area contributed by atoms with E-state index >= 15 is 0 Å². The van der Waals surface area contributed by atoms with Gasteiger partial charge in [-0.05, 0) is 75.1 Å². The average molecular weight is 423 g/mol. The number of rotatable bonds is 3. The maximum atomic E-state index is 13.1. The summed E-state index contributed by atoms with van der Waals surface area (Å²) in [6.07, 6.45) is 12.2. The van der Waals surface area contributed by atoms with Crippen LogP contribution < -0.4 is 10.6 Å². The summed E-state index contributed by atoms with van der Waals surface area (Å²) < 4.78 is 0. The van der Waals surface area contributed by atoms with E-state index in [9.17, 15) is 9.59 Å². The number of nitrogens with zero attached hydrogens (tertiary/aromatic N) is 1. The number of amides is 3. The lowest BCUT2D eigenvalue weighted by atomic mass is 9.95. The monoisotopic (exact) mass is 422 g/mol. The van der Waals surface area contributed by atoms with Crippen LogP contribution in [0.2, 0.25) is 0 Å². The Bertz CT molecular complexity index is 952. The minimum absolute atomic E-state index is 0.0423. The lowest BCUT2D eigenvalue weighted by Crippen LogP contribution is -2.51. The molecule has 0 atom stereocenters. The van der Waals surface area contributed by atoms with Gasteiger partial charge in [-0.3, -0.25) is 4.79 Å². The molecule has 166 valence electrons. The standard InChI is InChI=1S/C25H34N4O2/c30-24(17-10-11-23-21(16-17)20-8-4-5-9-22(20)28-23)29-14-12-19(13-15-29)27-25(31)26-18-6-2-1-3-7-18/h10-11,16,18-19,28H,1-9,12-15H2,(H2,26,27,31). The van der Waals surface area contributed by atoms with Gasteiger partial charge in [0.05, 0.1) is 0 Å². The molecule has 0 spiro atoms. The molecule has 2 heterocycles. The van der Waals surface area contributed by atoms with E-state index in [-0.39, 0.29) is 18.0 Å². The number of hydrogen-bond donors (Lipinski definition) is 3. The SMILES string of the molecule is O=C(NC1CCCCC1)NC1CCN(C(=O)c2ccc3[nH]c4c(c3c2)CCCC4)CC1. The number of piperidine rings is 1. The molecule has 2 aliphatic carbocycles. The van der Waals surface area contributed by atoms with E-state index in [1.165, 1.54) is 48.7 Å². The number of hydrogen-bond acceptors (Lipinski definition) is 2. The van der Waals surface area contributed by atoms with Crippen LogP contribution in [0, 0.1) is 0 Å². The smallest absolute Gasteiger partial charge is 0.315 e. The third-order valence-corrected chi connectivity index (χ3v) is 7.40. The third-order valence-electron chi connectivity index (χ3n) is 7.40. The topological polar surface area (TPSA) is 77.2 Å². The maximum absolute atomic E-state index is 13.1. The molecule has 1 aromatic carbocycles. The highest BCUT2D eigenvalue weighted by atomic mass is 16.2. The van der Waals surface area contributed by atoms with Crippen molar-refractivity contribution in [1.82, 2.24) is 20.5 Å². The number of carbonyl (C=O) groups excluding carboxylic acids is 2. The fourth-order valence-electron chi connectivity index (χ4n) is 5.61. The summed E-state index contributed by atoms with van der Waals surface area (Å²) in [7, 11) is 0. The molecule has 1 aromatic heterocycles. The summed E-state index contributed by atoms with van der Waals surface area (Å²) >= 11 is 0. The van der Waals surface area contributed by atoms with E-state index in [0.29, 0.717) is 19.1 Å². The number of carbonyl (C=O) groups is 2. The molecule has 1 saturated heterocycles. The number of aryl methyl sites for hydroxylation is 2. The molecule has 3 amide bonds. The van der Waals surface area contributed by atoms with Gasteiger partial charge in [-0.2, -0.15) is 0 Å². The number of H-pyrrole nitrogens is 1. The second-order valence-corrected chi connectivity index (χ2v) is 9.57. The average Bonchev–Trinajstić information content (AvgIpc) is 3.17. The van der Waals surface area contributed by atoms with Crippen molar-refractivity contribution in [2.24, 2.45) is 0 Å². The Morgan fingerprint density at radius 2 is 1.58 bits per heavy atom. The molecule has 5 rings (SSSR count). The van der Waals surface area contributed by atoms with Crippen LogP contribution in [0.4, 0.5) is 4.79 Å². The number of nitrogens with one attached hydrogen (secondary N) is 3. The van der Waals surface area contributed by atoms with Crippen LogP contribution in [-0.4, -0.2) is 47.0 Å². The van der Waals surface area contributed by atoms with E-state index < -0.39 is 0 Å². The number of aromatic nitrogens is 1. The lowest BCUT2D eigenvalue weighted by molar-refractivity contribution is 0.0708. The normalized spacial score (nSPS) is 20.5. The number of aromatic amines is 1. The van der Waals surface area contributed by atoms with Gasteiger partial charge in [0, 0.05) is 47.3 Å². The van der Waals surface area contributed by atoms with E-state index in [1.54, 1.807) is 0 Å². The number of urea groups is 1. The molecule has 2 aromatic rings. The Morgan fingerprint density at radius 3 is 2.35 bits per heavy atom. The highest BCUT2D eigenvalue weighted by molar-refractivity contribution is 5.99. The first-order valence-electron chi connectivity index (χ1n) is 12.2. The van der Waals surface area contributed by atoms with Gasteiger partial charge in [0.25, 0.3) is 5.91 Å². The van der Waals surface area contributed by atoms with Crippen LogP contribution in [0.3, 0.4) is 0 Å². The molecule has 0 radical (unpaired) electrons. The van der Waals surface area contributed by atoms with E-state index in [4.69, 9.17) is 0 Å². The van der Waals surface area contributed by atoms with Gasteiger partial charge in [-0.15, -0.1) is 0 Å². The van der Waals surface area contributed by atoms with Crippen LogP contribution in [-0.2, 0) is 12.8 Å². The molecule has 0 unspecified atom stereocenters. The largest absolute Gasteiger partial charge is 0.358 e. The molecule has 2 fully saturated rings. The Labute approximate surface area is 184 Å². The Balaban J connectivity index is 1.17. The van der Waals surface area contributed by atoms with Crippen molar-refractivity contribution in [3.63, 3.8) is 0 Å².